The smallest absolute Gasteiger partial charge is 0.356 e. The zero-order valence-corrected chi connectivity index (χ0v) is 11.5. The van der Waals surface area contributed by atoms with Crippen molar-refractivity contribution in [2.75, 3.05) is 0 Å². The molecule has 0 amide bonds. The van der Waals surface area contributed by atoms with E-state index in [0.29, 0.717) is 15.8 Å². The molecule has 0 aliphatic heterocycles. The van der Waals surface area contributed by atoms with Crippen molar-refractivity contribution in [2.45, 2.75) is 0 Å². The van der Waals surface area contributed by atoms with Gasteiger partial charge in [0.05, 0.1) is 15.1 Å². The summed E-state index contributed by atoms with van der Waals surface area (Å²) >= 11 is 17.3. The molecule has 19 heavy (non-hydrogen) atoms. The molecule has 0 atom stereocenters. The normalized spacial score (nSPS) is 10.3. The summed E-state index contributed by atoms with van der Waals surface area (Å²) in [6.07, 6.45) is 0. The number of carboxylic acid groups (broad SMARTS) is 1. The summed E-state index contributed by atoms with van der Waals surface area (Å²) in [5.74, 6) is -0.745. The second kappa shape index (κ2) is 5.65. The summed E-state index contributed by atoms with van der Waals surface area (Å²) in [6, 6.07) is 7.50. The first-order chi connectivity index (χ1) is 8.97. The Balaban J connectivity index is 2.30. The Morgan fingerprint density at radius 1 is 1.05 bits per heavy atom. The zero-order chi connectivity index (χ0) is 14.0. The molecule has 0 aliphatic carbocycles. The number of aromatic nitrogens is 1. The van der Waals surface area contributed by atoms with Crippen molar-refractivity contribution in [2.24, 2.45) is 0 Å². The van der Waals surface area contributed by atoms with Crippen LogP contribution in [-0.4, -0.2) is 16.1 Å². The highest BCUT2D eigenvalue weighted by Crippen LogP contribution is 2.29. The van der Waals surface area contributed by atoms with Gasteiger partial charge in [-0.25, -0.2) is 9.78 Å². The van der Waals surface area contributed by atoms with Crippen LogP contribution in [0.3, 0.4) is 0 Å². The van der Waals surface area contributed by atoms with Gasteiger partial charge in [-0.1, -0.05) is 34.8 Å². The van der Waals surface area contributed by atoms with Crippen LogP contribution in [0, 0.1) is 0 Å². The molecule has 0 aliphatic rings. The van der Waals surface area contributed by atoms with E-state index >= 15 is 0 Å². The Bertz CT molecular complexity index is 646. The van der Waals surface area contributed by atoms with Gasteiger partial charge < -0.3 is 9.84 Å². The predicted octanol–water partition coefficient (Wildman–Crippen LogP) is 4.53. The molecule has 2 aromatic rings. The van der Waals surface area contributed by atoms with Crippen molar-refractivity contribution in [1.82, 2.24) is 4.98 Å². The van der Waals surface area contributed by atoms with Crippen LogP contribution < -0.4 is 4.74 Å². The lowest BCUT2D eigenvalue weighted by Crippen LogP contribution is -2.02. The zero-order valence-electron chi connectivity index (χ0n) is 9.23. The molecule has 1 heterocycles. The molecule has 0 radical (unpaired) electrons. The van der Waals surface area contributed by atoms with Crippen LogP contribution in [0.25, 0.3) is 0 Å². The van der Waals surface area contributed by atoms with Crippen LogP contribution in [0.4, 0.5) is 0 Å². The van der Waals surface area contributed by atoms with E-state index in [4.69, 9.17) is 44.6 Å². The number of halogens is 3. The largest absolute Gasteiger partial charge is 0.476 e. The molecule has 0 unspecified atom stereocenters. The minimum atomic E-state index is -1.23. The quantitative estimate of drug-likeness (QED) is 0.903. The monoisotopic (exact) mass is 317 g/mol. The second-order valence-electron chi connectivity index (χ2n) is 3.46. The highest BCUT2D eigenvalue weighted by Gasteiger charge is 2.12. The van der Waals surface area contributed by atoms with Crippen molar-refractivity contribution >= 4 is 40.8 Å². The number of aromatic carboxylic acids is 1. The lowest BCUT2D eigenvalue weighted by Gasteiger charge is -2.07. The lowest BCUT2D eigenvalue weighted by molar-refractivity contribution is 0.0690. The molecule has 1 aromatic carbocycles. The van der Waals surface area contributed by atoms with E-state index in [2.05, 4.69) is 4.98 Å². The fraction of sp³-hybridized carbons (Fsp3) is 0. The van der Waals surface area contributed by atoms with Gasteiger partial charge in [0, 0.05) is 12.1 Å². The SMILES string of the molecule is O=C(O)c1nc(Oc2ccc(Cl)c(Cl)c2)ccc1Cl. The third kappa shape index (κ3) is 3.29. The van der Waals surface area contributed by atoms with Gasteiger partial charge in [0.2, 0.25) is 5.88 Å². The van der Waals surface area contributed by atoms with Crippen molar-refractivity contribution in [3.8, 4) is 11.6 Å². The Hall–Kier alpha value is -1.49. The molecule has 0 saturated heterocycles. The van der Waals surface area contributed by atoms with Crippen LogP contribution in [0.1, 0.15) is 10.5 Å². The van der Waals surface area contributed by atoms with Crippen molar-refractivity contribution in [3.05, 3.63) is 51.1 Å². The summed E-state index contributed by atoms with van der Waals surface area (Å²) in [5.41, 5.74) is -0.278. The van der Waals surface area contributed by atoms with E-state index in [1.165, 1.54) is 18.2 Å². The number of carboxylic acids is 1. The fourth-order valence-electron chi connectivity index (χ4n) is 1.29. The molecule has 1 aromatic heterocycles. The minimum Gasteiger partial charge on any atom is -0.476 e. The summed E-state index contributed by atoms with van der Waals surface area (Å²) in [7, 11) is 0. The van der Waals surface area contributed by atoms with Crippen LogP contribution in [-0.2, 0) is 0 Å². The maximum Gasteiger partial charge on any atom is 0.356 e. The first-order valence-electron chi connectivity index (χ1n) is 5.00. The molecular weight excluding hydrogens is 312 g/mol. The maximum absolute atomic E-state index is 10.9. The third-order valence-corrected chi connectivity index (χ3v) is 3.18. The summed E-state index contributed by atoms with van der Waals surface area (Å²) in [5, 5.41) is 9.65. The van der Waals surface area contributed by atoms with Crippen LogP contribution in [0.2, 0.25) is 15.1 Å². The standard InChI is InChI=1S/C12H6Cl3NO3/c13-7-2-1-6(5-9(7)15)19-10-4-3-8(14)11(16-10)12(17)18/h1-5H,(H,17,18). The van der Waals surface area contributed by atoms with Gasteiger partial charge in [-0.2, -0.15) is 0 Å². The molecule has 0 spiro atoms. The molecule has 98 valence electrons. The predicted molar refractivity (Wildman–Crippen MR) is 72.7 cm³/mol. The number of ether oxygens (including phenoxy) is 1. The first kappa shape index (κ1) is 13.9. The number of nitrogens with zero attached hydrogens (tertiary/aromatic N) is 1. The first-order valence-corrected chi connectivity index (χ1v) is 6.13. The molecule has 2 rings (SSSR count). The second-order valence-corrected chi connectivity index (χ2v) is 4.68. The lowest BCUT2D eigenvalue weighted by atomic mass is 10.3. The van der Waals surface area contributed by atoms with E-state index in [1.54, 1.807) is 12.1 Å². The van der Waals surface area contributed by atoms with Crippen LogP contribution in [0.5, 0.6) is 11.6 Å². The average Bonchev–Trinajstić information content (AvgIpc) is 2.36. The van der Waals surface area contributed by atoms with Crippen LogP contribution >= 0.6 is 34.8 Å². The number of pyridine rings is 1. The van der Waals surface area contributed by atoms with Crippen LogP contribution in [0.15, 0.2) is 30.3 Å². The molecule has 1 N–H and O–H groups in total. The van der Waals surface area contributed by atoms with Gasteiger partial charge in [-0.05, 0) is 18.2 Å². The van der Waals surface area contributed by atoms with Gasteiger partial charge in [0.25, 0.3) is 0 Å². The molecule has 0 bridgehead atoms. The summed E-state index contributed by atoms with van der Waals surface area (Å²) in [4.78, 5) is 14.7. The van der Waals surface area contributed by atoms with Gasteiger partial charge in [0.15, 0.2) is 5.69 Å². The summed E-state index contributed by atoms with van der Waals surface area (Å²) < 4.78 is 5.38. The Morgan fingerprint density at radius 3 is 2.37 bits per heavy atom. The van der Waals surface area contributed by atoms with Crippen molar-refractivity contribution in [1.29, 1.82) is 0 Å². The minimum absolute atomic E-state index is 0.0361. The molecule has 4 nitrogen and oxygen atoms in total. The van der Waals surface area contributed by atoms with Crippen molar-refractivity contribution in [3.63, 3.8) is 0 Å². The van der Waals surface area contributed by atoms with E-state index in [0.717, 1.165) is 0 Å². The Kier molecular flexibility index (Phi) is 4.14. The number of hydrogen-bond acceptors (Lipinski definition) is 3. The molecule has 7 heteroatoms. The van der Waals surface area contributed by atoms with E-state index in [-0.39, 0.29) is 16.6 Å². The van der Waals surface area contributed by atoms with Gasteiger partial charge >= 0.3 is 5.97 Å². The highest BCUT2D eigenvalue weighted by molar-refractivity contribution is 6.42. The fourth-order valence-corrected chi connectivity index (χ4v) is 1.77. The Labute approximate surface area is 123 Å². The number of carbonyl (C=O) groups is 1. The molecular formula is C12H6Cl3NO3. The van der Waals surface area contributed by atoms with Gasteiger partial charge in [-0.3, -0.25) is 0 Å². The molecule has 0 saturated carbocycles. The summed E-state index contributed by atoms with van der Waals surface area (Å²) in [6.45, 7) is 0. The molecule has 0 fully saturated rings. The Morgan fingerprint density at radius 2 is 1.74 bits per heavy atom. The van der Waals surface area contributed by atoms with E-state index < -0.39 is 5.97 Å². The topological polar surface area (TPSA) is 59.4 Å². The maximum atomic E-state index is 10.9. The average molecular weight is 319 g/mol. The van der Waals surface area contributed by atoms with Gasteiger partial charge in [0.1, 0.15) is 5.75 Å². The number of rotatable bonds is 3. The van der Waals surface area contributed by atoms with Gasteiger partial charge in [-0.15, -0.1) is 0 Å². The number of benzene rings is 1. The third-order valence-electron chi connectivity index (χ3n) is 2.14. The number of hydrogen-bond donors (Lipinski definition) is 1. The highest BCUT2D eigenvalue weighted by atomic mass is 35.5. The van der Waals surface area contributed by atoms with Crippen molar-refractivity contribution < 1.29 is 14.6 Å². The van der Waals surface area contributed by atoms with E-state index in [1.807, 2.05) is 0 Å². The van der Waals surface area contributed by atoms with E-state index in [9.17, 15) is 4.79 Å².